The van der Waals surface area contributed by atoms with E-state index in [0.717, 1.165) is 11.2 Å². The zero-order chi connectivity index (χ0) is 17.3. The highest BCUT2D eigenvalue weighted by Crippen LogP contribution is 2.31. The molecule has 1 saturated heterocycles. The molecule has 1 rings (SSSR count). The van der Waals surface area contributed by atoms with Crippen molar-refractivity contribution in [3.63, 3.8) is 0 Å². The minimum Gasteiger partial charge on any atom is -0.480 e. The Balaban J connectivity index is 3.01. The van der Waals surface area contributed by atoms with E-state index in [2.05, 4.69) is 0 Å². The molecule has 1 aliphatic heterocycles. The number of aliphatic carboxylic acids is 1. The zero-order valence-electron chi connectivity index (χ0n) is 13.5. The third kappa shape index (κ3) is 4.84. The zero-order valence-corrected chi connectivity index (χ0v) is 14.3. The van der Waals surface area contributed by atoms with Gasteiger partial charge in [-0.1, -0.05) is 0 Å². The summed E-state index contributed by atoms with van der Waals surface area (Å²) in [4.78, 5) is 24.8. The number of ether oxygens (including phenoxy) is 1. The predicted octanol–water partition coefficient (Wildman–Crippen LogP) is 1.21. The molecule has 1 amide bonds. The van der Waals surface area contributed by atoms with Gasteiger partial charge in [0.2, 0.25) is 0 Å². The summed E-state index contributed by atoms with van der Waals surface area (Å²) in [5, 5.41) is 9.43. The quantitative estimate of drug-likeness (QED) is 0.770. The minimum atomic E-state index is -3.69. The Morgan fingerprint density at radius 3 is 2.27 bits per heavy atom. The number of amides is 1. The topological polar surface area (TPSA) is 110 Å². The van der Waals surface area contributed by atoms with Crippen LogP contribution in [0.2, 0.25) is 0 Å². The summed E-state index contributed by atoms with van der Waals surface area (Å²) in [6, 6.07) is 0. The van der Waals surface area contributed by atoms with Gasteiger partial charge in [-0.15, -0.1) is 0 Å². The van der Waals surface area contributed by atoms with E-state index in [1.54, 1.807) is 20.8 Å². The fraction of sp³-hybridized carbons (Fsp3) is 0.846. The molecule has 0 saturated carbocycles. The molecular weight excluding hydrogens is 314 g/mol. The Labute approximate surface area is 130 Å². The first kappa shape index (κ1) is 18.7. The Hall–Kier alpha value is -1.35. The molecule has 1 aliphatic rings. The van der Waals surface area contributed by atoms with E-state index in [1.807, 2.05) is 0 Å². The summed E-state index contributed by atoms with van der Waals surface area (Å²) < 4.78 is 32.6. The smallest absolute Gasteiger partial charge is 0.411 e. The maximum absolute atomic E-state index is 12.3. The van der Waals surface area contributed by atoms with Crippen molar-refractivity contribution >= 4 is 22.2 Å². The van der Waals surface area contributed by atoms with Crippen LogP contribution in [0.1, 0.15) is 40.5 Å². The summed E-state index contributed by atoms with van der Waals surface area (Å²) >= 11 is 0. The number of piperidine rings is 1. The fourth-order valence-corrected chi connectivity index (χ4v) is 2.87. The molecular formula is C13H23NO7S. The number of carbonyl (C=O) groups is 2. The monoisotopic (exact) mass is 337 g/mol. The second-order valence-corrected chi connectivity index (χ2v) is 8.23. The molecule has 2 atom stereocenters. The molecule has 128 valence electrons. The summed E-state index contributed by atoms with van der Waals surface area (Å²) in [6.07, 6.45) is -0.388. The van der Waals surface area contributed by atoms with Gasteiger partial charge in [-0.05, 0) is 40.5 Å². The van der Waals surface area contributed by atoms with Crippen molar-refractivity contribution in [2.45, 2.75) is 57.8 Å². The van der Waals surface area contributed by atoms with Crippen LogP contribution in [0.15, 0.2) is 0 Å². The van der Waals surface area contributed by atoms with Gasteiger partial charge in [0.15, 0.2) is 0 Å². The lowest BCUT2D eigenvalue weighted by molar-refractivity contribution is -0.154. The average molecular weight is 337 g/mol. The summed E-state index contributed by atoms with van der Waals surface area (Å²) in [6.45, 7) is 6.24. The third-order valence-corrected chi connectivity index (χ3v) is 3.94. The number of carboxylic acid groups (broad SMARTS) is 1. The van der Waals surface area contributed by atoms with Gasteiger partial charge in [0.1, 0.15) is 11.1 Å². The van der Waals surface area contributed by atoms with Gasteiger partial charge in [-0.2, -0.15) is 8.42 Å². The first-order valence-electron chi connectivity index (χ1n) is 6.87. The van der Waals surface area contributed by atoms with E-state index >= 15 is 0 Å². The predicted molar refractivity (Wildman–Crippen MR) is 77.9 cm³/mol. The van der Waals surface area contributed by atoms with Crippen LogP contribution in [0.25, 0.3) is 0 Å². The summed E-state index contributed by atoms with van der Waals surface area (Å²) in [7, 11) is -3.69. The van der Waals surface area contributed by atoms with Gasteiger partial charge in [0.25, 0.3) is 10.1 Å². The van der Waals surface area contributed by atoms with Crippen LogP contribution >= 0.6 is 0 Å². The van der Waals surface area contributed by atoms with Crippen molar-refractivity contribution < 1.29 is 32.0 Å². The Kier molecular flexibility index (Phi) is 5.13. The maximum atomic E-state index is 12.3. The van der Waals surface area contributed by atoms with E-state index in [1.165, 1.54) is 6.92 Å². The molecule has 8 nitrogen and oxygen atoms in total. The first-order valence-corrected chi connectivity index (χ1v) is 8.68. The van der Waals surface area contributed by atoms with E-state index in [9.17, 15) is 23.1 Å². The van der Waals surface area contributed by atoms with Crippen molar-refractivity contribution in [3.8, 4) is 0 Å². The molecule has 1 heterocycles. The first-order chi connectivity index (χ1) is 9.74. The lowest BCUT2D eigenvalue weighted by Crippen LogP contribution is -2.61. The molecule has 9 heteroatoms. The van der Waals surface area contributed by atoms with Crippen LogP contribution < -0.4 is 0 Å². The number of nitrogens with zero attached hydrogens (tertiary/aromatic N) is 1. The molecule has 0 unspecified atom stereocenters. The maximum Gasteiger partial charge on any atom is 0.411 e. The number of rotatable bonds is 3. The molecule has 0 aromatic carbocycles. The number of hydrogen-bond donors (Lipinski definition) is 1. The second kappa shape index (κ2) is 6.04. The van der Waals surface area contributed by atoms with Crippen molar-refractivity contribution in [1.29, 1.82) is 0 Å². The number of hydrogen-bond acceptors (Lipinski definition) is 6. The van der Waals surface area contributed by atoms with E-state index in [0.29, 0.717) is 0 Å². The highest BCUT2D eigenvalue weighted by Gasteiger charge is 2.48. The molecule has 1 N–H and O–H groups in total. The van der Waals surface area contributed by atoms with Crippen LogP contribution in [0, 0.1) is 0 Å². The second-order valence-electron chi connectivity index (χ2n) is 6.63. The molecule has 0 aromatic heterocycles. The van der Waals surface area contributed by atoms with Crippen molar-refractivity contribution in [2.24, 2.45) is 0 Å². The van der Waals surface area contributed by atoms with Crippen LogP contribution in [0.3, 0.4) is 0 Å². The largest absolute Gasteiger partial charge is 0.480 e. The van der Waals surface area contributed by atoms with Gasteiger partial charge in [0.05, 0.1) is 18.9 Å². The van der Waals surface area contributed by atoms with Gasteiger partial charge in [-0.25, -0.2) is 9.59 Å². The number of carboxylic acids is 1. The lowest BCUT2D eigenvalue weighted by Gasteiger charge is -2.44. The van der Waals surface area contributed by atoms with Crippen LogP contribution in [-0.2, 0) is 23.8 Å². The molecule has 0 spiro atoms. The SMILES string of the molecule is CC(C)(C)OC(=O)N1C[C@@H](OS(C)(=O)=O)CC[C@@]1(C)C(=O)O. The highest BCUT2D eigenvalue weighted by atomic mass is 32.2. The van der Waals surface area contributed by atoms with E-state index in [4.69, 9.17) is 8.92 Å². The Bertz CT molecular complexity index is 551. The van der Waals surface area contributed by atoms with Gasteiger partial charge in [-0.3, -0.25) is 9.08 Å². The van der Waals surface area contributed by atoms with Crippen LogP contribution in [-0.4, -0.2) is 60.5 Å². The summed E-state index contributed by atoms with van der Waals surface area (Å²) in [5.41, 5.74) is -2.25. The number of carbonyl (C=O) groups excluding carboxylic acids is 1. The van der Waals surface area contributed by atoms with Crippen LogP contribution in [0.4, 0.5) is 4.79 Å². The van der Waals surface area contributed by atoms with E-state index < -0.39 is 39.4 Å². The molecule has 0 aliphatic carbocycles. The van der Waals surface area contributed by atoms with Gasteiger partial charge >= 0.3 is 12.1 Å². The molecule has 1 fully saturated rings. The molecule has 0 bridgehead atoms. The Morgan fingerprint density at radius 2 is 1.86 bits per heavy atom. The highest BCUT2D eigenvalue weighted by molar-refractivity contribution is 7.86. The molecule has 0 radical (unpaired) electrons. The van der Waals surface area contributed by atoms with Crippen molar-refractivity contribution in [3.05, 3.63) is 0 Å². The van der Waals surface area contributed by atoms with Crippen molar-refractivity contribution in [2.75, 3.05) is 12.8 Å². The molecule has 22 heavy (non-hydrogen) atoms. The fourth-order valence-electron chi connectivity index (χ4n) is 2.21. The van der Waals surface area contributed by atoms with Gasteiger partial charge < -0.3 is 9.84 Å². The standard InChI is InChI=1S/C13H23NO7S/c1-12(2,3)20-11(17)14-8-9(21-22(5,18)19)6-7-13(14,4)10(15)16/h9H,6-8H2,1-5H3,(H,15,16)/t9-,13-/m0/s1. The average Bonchev–Trinajstić information content (AvgIpc) is 2.27. The third-order valence-electron chi connectivity index (χ3n) is 3.32. The van der Waals surface area contributed by atoms with Crippen molar-refractivity contribution in [1.82, 2.24) is 4.90 Å². The summed E-state index contributed by atoms with van der Waals surface area (Å²) in [5.74, 6) is -1.17. The Morgan fingerprint density at radius 1 is 1.32 bits per heavy atom. The normalized spacial score (nSPS) is 26.6. The van der Waals surface area contributed by atoms with Crippen LogP contribution in [0.5, 0.6) is 0 Å². The van der Waals surface area contributed by atoms with E-state index in [-0.39, 0.29) is 19.4 Å². The minimum absolute atomic E-state index is 0.0712. The lowest BCUT2D eigenvalue weighted by atomic mass is 9.88. The number of likely N-dealkylation sites (tertiary alicyclic amines) is 1. The molecule has 0 aromatic rings. The van der Waals surface area contributed by atoms with Gasteiger partial charge in [0, 0.05) is 0 Å².